The van der Waals surface area contributed by atoms with Gasteiger partial charge in [-0.05, 0) is 43.3 Å². The van der Waals surface area contributed by atoms with Gasteiger partial charge in [-0.2, -0.15) is 5.10 Å². The average Bonchev–Trinajstić information content (AvgIpc) is 3.51. The Kier molecular flexibility index (Phi) is 7.56. The SMILES string of the molecule is C[C@H]1CN(c2ccc(Cl)c(Cl)c2)C(=O)c2c(-c3cn(COCC[Si](C)(C)C)c(-c4ccc(N)nc4)n3)cnn21. The van der Waals surface area contributed by atoms with E-state index in [9.17, 15) is 4.79 Å². The molecular formula is C27H31Cl2N7O2Si. The van der Waals surface area contributed by atoms with Crippen molar-refractivity contribution in [1.82, 2.24) is 24.3 Å². The summed E-state index contributed by atoms with van der Waals surface area (Å²) in [4.78, 5) is 24.7. The molecule has 0 spiro atoms. The van der Waals surface area contributed by atoms with E-state index in [0.717, 1.165) is 11.6 Å². The van der Waals surface area contributed by atoms with E-state index in [-0.39, 0.29) is 11.9 Å². The summed E-state index contributed by atoms with van der Waals surface area (Å²) in [5.41, 5.74) is 9.01. The number of rotatable bonds is 8. The standard InChI is InChI=1S/C27H31Cl2N7O2Si/c1-17-14-35(19-6-7-21(28)22(29)11-19)27(37)25-20(13-32-36(17)25)23-15-34(16-38-9-10-39(2,3)4)26(33-23)18-5-8-24(30)31-12-18/h5-8,11-13,15,17H,9-10,14,16H2,1-4H3,(H2,30,31)/t17-/m0/s1. The van der Waals surface area contributed by atoms with Gasteiger partial charge in [-0.25, -0.2) is 9.97 Å². The normalized spacial score (nSPS) is 15.6. The summed E-state index contributed by atoms with van der Waals surface area (Å²) >= 11 is 12.4. The summed E-state index contributed by atoms with van der Waals surface area (Å²) in [5, 5.41) is 5.40. The monoisotopic (exact) mass is 583 g/mol. The van der Waals surface area contributed by atoms with Crippen molar-refractivity contribution in [2.24, 2.45) is 0 Å². The van der Waals surface area contributed by atoms with Crippen molar-refractivity contribution < 1.29 is 9.53 Å². The first-order valence-electron chi connectivity index (χ1n) is 12.7. The van der Waals surface area contributed by atoms with Crippen molar-refractivity contribution in [2.75, 3.05) is 23.8 Å². The maximum atomic E-state index is 13.8. The molecule has 4 heterocycles. The number of halogens is 2. The van der Waals surface area contributed by atoms with Crippen LogP contribution in [0.1, 0.15) is 23.5 Å². The molecule has 1 atom stereocenters. The summed E-state index contributed by atoms with van der Waals surface area (Å²) < 4.78 is 9.75. The molecule has 0 radical (unpaired) electrons. The highest BCUT2D eigenvalue weighted by molar-refractivity contribution is 6.76. The van der Waals surface area contributed by atoms with Crippen LogP contribution in [0.2, 0.25) is 35.7 Å². The van der Waals surface area contributed by atoms with Crippen molar-refractivity contribution in [3.63, 3.8) is 0 Å². The number of carbonyl (C=O) groups excluding carboxylic acids is 1. The quantitative estimate of drug-likeness (QED) is 0.195. The first kappa shape index (κ1) is 27.4. The van der Waals surface area contributed by atoms with E-state index >= 15 is 0 Å². The van der Waals surface area contributed by atoms with Crippen molar-refractivity contribution in [1.29, 1.82) is 0 Å². The molecule has 5 rings (SSSR count). The zero-order valence-corrected chi connectivity index (χ0v) is 24.9. The molecule has 2 N–H and O–H groups in total. The highest BCUT2D eigenvalue weighted by Gasteiger charge is 2.34. The lowest BCUT2D eigenvalue weighted by Gasteiger charge is -2.32. The van der Waals surface area contributed by atoms with E-state index in [4.69, 9.17) is 38.7 Å². The van der Waals surface area contributed by atoms with E-state index in [2.05, 4.69) is 29.7 Å². The molecule has 4 aromatic rings. The number of carbonyl (C=O) groups is 1. The Balaban J connectivity index is 1.52. The molecule has 0 bridgehead atoms. The number of amides is 1. The van der Waals surface area contributed by atoms with Crippen LogP contribution >= 0.6 is 23.2 Å². The summed E-state index contributed by atoms with van der Waals surface area (Å²) in [6, 6.07) is 9.81. The van der Waals surface area contributed by atoms with Crippen LogP contribution in [0, 0.1) is 0 Å². The fraction of sp³-hybridized carbons (Fsp3) is 0.333. The molecule has 0 saturated heterocycles. The summed E-state index contributed by atoms with van der Waals surface area (Å²) in [6.07, 6.45) is 5.28. The molecule has 0 unspecified atom stereocenters. The lowest BCUT2D eigenvalue weighted by Crippen LogP contribution is -2.42. The molecule has 9 nitrogen and oxygen atoms in total. The van der Waals surface area contributed by atoms with Crippen molar-refractivity contribution in [2.45, 2.75) is 45.4 Å². The number of anilines is 2. The second-order valence-electron chi connectivity index (χ2n) is 11.0. The third kappa shape index (κ3) is 5.74. The predicted octanol–water partition coefficient (Wildman–Crippen LogP) is 6.23. The van der Waals surface area contributed by atoms with E-state index in [1.54, 1.807) is 46.2 Å². The first-order chi connectivity index (χ1) is 18.5. The number of nitrogens with zero attached hydrogens (tertiary/aromatic N) is 6. The average molecular weight is 585 g/mol. The van der Waals surface area contributed by atoms with E-state index in [1.165, 1.54) is 0 Å². The number of nitrogens with two attached hydrogens (primary N) is 1. The molecule has 0 saturated carbocycles. The number of imidazole rings is 1. The van der Waals surface area contributed by atoms with Gasteiger partial charge in [0.05, 0.1) is 33.5 Å². The molecule has 0 fully saturated rings. The maximum absolute atomic E-state index is 13.8. The fourth-order valence-corrected chi connectivity index (χ4v) is 5.53. The Morgan fingerprint density at radius 3 is 2.62 bits per heavy atom. The highest BCUT2D eigenvalue weighted by atomic mass is 35.5. The van der Waals surface area contributed by atoms with Gasteiger partial charge in [0, 0.05) is 44.9 Å². The third-order valence-corrected chi connectivity index (χ3v) is 9.09. The van der Waals surface area contributed by atoms with Crippen LogP contribution in [-0.2, 0) is 11.5 Å². The zero-order chi connectivity index (χ0) is 27.9. The Bertz CT molecular complexity index is 1510. The second-order valence-corrected chi connectivity index (χ2v) is 17.4. The van der Waals surface area contributed by atoms with Crippen molar-refractivity contribution in [3.05, 3.63) is 64.7 Å². The number of fused-ring (bicyclic) bond motifs is 1. The molecule has 0 aliphatic carbocycles. The van der Waals surface area contributed by atoms with Crippen LogP contribution in [0.5, 0.6) is 0 Å². The van der Waals surface area contributed by atoms with Crippen molar-refractivity contribution in [3.8, 4) is 22.6 Å². The highest BCUT2D eigenvalue weighted by Crippen LogP contribution is 2.35. The van der Waals surface area contributed by atoms with Gasteiger partial charge in [-0.3, -0.25) is 9.48 Å². The number of ether oxygens (including phenoxy) is 1. The Hall–Kier alpha value is -3.18. The first-order valence-corrected chi connectivity index (χ1v) is 17.2. The van der Waals surface area contributed by atoms with Crippen LogP contribution in [-0.4, -0.2) is 51.4 Å². The minimum Gasteiger partial charge on any atom is -0.384 e. The lowest BCUT2D eigenvalue weighted by molar-refractivity contribution is 0.0883. The molecule has 1 amide bonds. The minimum atomic E-state index is -1.23. The molecule has 1 aliphatic heterocycles. The predicted molar refractivity (Wildman–Crippen MR) is 158 cm³/mol. The number of nitrogen functional groups attached to an aromatic ring is 1. The Labute approximate surface area is 238 Å². The zero-order valence-electron chi connectivity index (χ0n) is 22.4. The summed E-state index contributed by atoms with van der Waals surface area (Å²) in [7, 11) is -1.23. The summed E-state index contributed by atoms with van der Waals surface area (Å²) in [6.45, 7) is 10.4. The number of pyridine rings is 1. The van der Waals surface area contributed by atoms with Gasteiger partial charge >= 0.3 is 0 Å². The van der Waals surface area contributed by atoms with Crippen LogP contribution in [0.3, 0.4) is 0 Å². The van der Waals surface area contributed by atoms with Gasteiger partial charge in [0.2, 0.25) is 0 Å². The minimum absolute atomic E-state index is 0.0614. The summed E-state index contributed by atoms with van der Waals surface area (Å²) in [5.74, 6) is 0.912. The smallest absolute Gasteiger partial charge is 0.277 e. The largest absolute Gasteiger partial charge is 0.384 e. The van der Waals surface area contributed by atoms with Crippen LogP contribution in [0.4, 0.5) is 11.5 Å². The molecule has 39 heavy (non-hydrogen) atoms. The maximum Gasteiger partial charge on any atom is 0.277 e. The Morgan fingerprint density at radius 1 is 1.13 bits per heavy atom. The molecule has 204 valence electrons. The fourth-order valence-electron chi connectivity index (χ4n) is 4.48. The molecule has 12 heteroatoms. The molecule has 3 aromatic heterocycles. The van der Waals surface area contributed by atoms with Gasteiger partial charge in [0.15, 0.2) is 0 Å². The van der Waals surface area contributed by atoms with Gasteiger partial charge < -0.3 is 19.9 Å². The lowest BCUT2D eigenvalue weighted by atomic mass is 10.1. The molecular weight excluding hydrogens is 553 g/mol. The topological polar surface area (TPSA) is 104 Å². The Morgan fingerprint density at radius 2 is 1.92 bits per heavy atom. The van der Waals surface area contributed by atoms with Gasteiger partial charge in [0.25, 0.3) is 5.91 Å². The molecule has 1 aromatic carbocycles. The number of aromatic nitrogens is 5. The van der Waals surface area contributed by atoms with E-state index in [1.807, 2.05) is 23.8 Å². The van der Waals surface area contributed by atoms with E-state index < -0.39 is 8.07 Å². The van der Waals surface area contributed by atoms with Crippen LogP contribution in [0.25, 0.3) is 22.6 Å². The van der Waals surface area contributed by atoms with Gasteiger partial charge in [-0.1, -0.05) is 42.8 Å². The van der Waals surface area contributed by atoms with E-state index in [0.29, 0.717) is 64.2 Å². The second kappa shape index (κ2) is 10.8. The van der Waals surface area contributed by atoms with Crippen LogP contribution in [0.15, 0.2) is 48.9 Å². The number of hydrogen-bond donors (Lipinski definition) is 1. The third-order valence-electron chi connectivity index (χ3n) is 6.65. The number of benzene rings is 1. The van der Waals surface area contributed by atoms with Gasteiger partial charge in [0.1, 0.15) is 24.1 Å². The van der Waals surface area contributed by atoms with Crippen LogP contribution < -0.4 is 10.6 Å². The van der Waals surface area contributed by atoms with Crippen molar-refractivity contribution >= 4 is 48.7 Å². The van der Waals surface area contributed by atoms with Gasteiger partial charge in [-0.15, -0.1) is 0 Å². The molecule has 1 aliphatic rings. The number of hydrogen-bond acceptors (Lipinski definition) is 6.